The molecule has 1 amide bonds. The van der Waals surface area contributed by atoms with Gasteiger partial charge >= 0.3 is 0 Å². The lowest BCUT2D eigenvalue weighted by Crippen LogP contribution is -2.53. The SMILES string of the molecule is O=C(C1CCCCN1Cc1nc2sc(-c3ccccc3)cc2c(=O)[nH]1)N1CCOCC1. The molecule has 1 atom stereocenters. The smallest absolute Gasteiger partial charge is 0.259 e. The summed E-state index contributed by atoms with van der Waals surface area (Å²) < 4.78 is 5.39. The maximum absolute atomic E-state index is 13.1. The Balaban J connectivity index is 1.39. The van der Waals surface area contributed by atoms with Gasteiger partial charge in [0.05, 0.1) is 31.2 Å². The van der Waals surface area contributed by atoms with E-state index in [2.05, 4.69) is 9.88 Å². The number of benzene rings is 1. The molecule has 0 aliphatic carbocycles. The molecule has 2 aliphatic heterocycles. The first-order chi connectivity index (χ1) is 15.2. The van der Waals surface area contributed by atoms with Gasteiger partial charge in [0.25, 0.3) is 5.56 Å². The van der Waals surface area contributed by atoms with Crippen LogP contribution in [-0.4, -0.2) is 64.6 Å². The summed E-state index contributed by atoms with van der Waals surface area (Å²) in [6.45, 7) is 3.83. The lowest BCUT2D eigenvalue weighted by Gasteiger charge is -2.38. The third-order valence-electron chi connectivity index (χ3n) is 6.08. The summed E-state index contributed by atoms with van der Waals surface area (Å²) >= 11 is 1.53. The summed E-state index contributed by atoms with van der Waals surface area (Å²) in [4.78, 5) is 39.5. The molecule has 4 heterocycles. The van der Waals surface area contributed by atoms with E-state index in [1.54, 1.807) is 0 Å². The van der Waals surface area contributed by atoms with Crippen LogP contribution < -0.4 is 5.56 Å². The number of H-pyrrole nitrogens is 1. The number of nitrogens with one attached hydrogen (secondary N) is 1. The number of hydrogen-bond acceptors (Lipinski definition) is 6. The van der Waals surface area contributed by atoms with Gasteiger partial charge in [-0.25, -0.2) is 4.98 Å². The third kappa shape index (κ3) is 4.28. The highest BCUT2D eigenvalue weighted by Gasteiger charge is 2.33. The minimum Gasteiger partial charge on any atom is -0.378 e. The molecule has 2 fully saturated rings. The Morgan fingerprint density at radius 2 is 1.97 bits per heavy atom. The molecular formula is C23H26N4O3S. The maximum atomic E-state index is 13.1. The molecular weight excluding hydrogens is 412 g/mol. The number of nitrogens with zero attached hydrogens (tertiary/aromatic N) is 3. The number of aromatic amines is 1. The summed E-state index contributed by atoms with van der Waals surface area (Å²) in [7, 11) is 0. The van der Waals surface area contributed by atoms with Crippen LogP contribution in [0.2, 0.25) is 0 Å². The standard InChI is InChI=1S/C23H26N4O3S/c28-21-17-14-19(16-6-2-1-3-7-16)31-22(17)25-20(24-21)15-27-9-5-4-8-18(27)23(29)26-10-12-30-13-11-26/h1-3,6-7,14,18H,4-5,8-13,15H2,(H,24,25,28). The largest absolute Gasteiger partial charge is 0.378 e. The topological polar surface area (TPSA) is 78.5 Å². The highest BCUT2D eigenvalue weighted by molar-refractivity contribution is 7.21. The van der Waals surface area contributed by atoms with Gasteiger partial charge in [-0.05, 0) is 31.0 Å². The van der Waals surface area contributed by atoms with Crippen LogP contribution in [-0.2, 0) is 16.1 Å². The van der Waals surface area contributed by atoms with Crippen molar-refractivity contribution >= 4 is 27.5 Å². The van der Waals surface area contributed by atoms with Crippen molar-refractivity contribution in [3.8, 4) is 10.4 Å². The van der Waals surface area contributed by atoms with Gasteiger partial charge in [-0.15, -0.1) is 11.3 Å². The zero-order chi connectivity index (χ0) is 21.2. The summed E-state index contributed by atoms with van der Waals surface area (Å²) in [6, 6.07) is 11.8. The number of carbonyl (C=O) groups excluding carboxylic acids is 1. The second kappa shape index (κ2) is 8.90. The molecule has 1 unspecified atom stereocenters. The Morgan fingerprint density at radius 3 is 2.77 bits per heavy atom. The third-order valence-corrected chi connectivity index (χ3v) is 7.16. The van der Waals surface area contributed by atoms with Gasteiger partial charge in [-0.1, -0.05) is 36.8 Å². The lowest BCUT2D eigenvalue weighted by atomic mass is 10.0. The fourth-order valence-corrected chi connectivity index (χ4v) is 5.50. The number of likely N-dealkylation sites (tertiary alicyclic amines) is 1. The molecule has 162 valence electrons. The van der Waals surface area contributed by atoms with Crippen molar-refractivity contribution in [2.24, 2.45) is 0 Å². The molecule has 2 aromatic heterocycles. The minimum absolute atomic E-state index is 0.119. The molecule has 2 saturated heterocycles. The van der Waals surface area contributed by atoms with Crippen LogP contribution in [0.5, 0.6) is 0 Å². The van der Waals surface area contributed by atoms with E-state index in [1.807, 2.05) is 41.3 Å². The molecule has 3 aromatic rings. The normalized spacial score (nSPS) is 20.3. The maximum Gasteiger partial charge on any atom is 0.259 e. The van der Waals surface area contributed by atoms with Crippen LogP contribution in [0.3, 0.4) is 0 Å². The lowest BCUT2D eigenvalue weighted by molar-refractivity contribution is -0.142. The Kier molecular flexibility index (Phi) is 5.85. The van der Waals surface area contributed by atoms with E-state index in [9.17, 15) is 9.59 Å². The van der Waals surface area contributed by atoms with E-state index in [0.29, 0.717) is 44.1 Å². The quantitative estimate of drug-likeness (QED) is 0.678. The Labute approximate surface area is 184 Å². The van der Waals surface area contributed by atoms with Gasteiger partial charge < -0.3 is 14.6 Å². The zero-order valence-electron chi connectivity index (χ0n) is 17.4. The number of thiophene rings is 1. The highest BCUT2D eigenvalue weighted by atomic mass is 32.1. The minimum atomic E-state index is -0.156. The first kappa shape index (κ1) is 20.4. The average Bonchev–Trinajstić information content (AvgIpc) is 3.25. The number of ether oxygens (including phenoxy) is 1. The van der Waals surface area contributed by atoms with Gasteiger partial charge in [0.2, 0.25) is 5.91 Å². The fourth-order valence-electron chi connectivity index (χ4n) is 4.44. The number of amides is 1. The molecule has 0 saturated carbocycles. The number of aromatic nitrogens is 2. The Bertz CT molecular complexity index is 1120. The monoisotopic (exact) mass is 438 g/mol. The number of rotatable bonds is 4. The highest BCUT2D eigenvalue weighted by Crippen LogP contribution is 2.31. The van der Waals surface area contributed by atoms with E-state index in [4.69, 9.17) is 9.72 Å². The molecule has 8 heteroatoms. The molecule has 1 aromatic carbocycles. The fraction of sp³-hybridized carbons (Fsp3) is 0.435. The van der Waals surface area contributed by atoms with Crippen LogP contribution >= 0.6 is 11.3 Å². The van der Waals surface area contributed by atoms with Crippen molar-refractivity contribution in [3.05, 3.63) is 52.6 Å². The van der Waals surface area contributed by atoms with Crippen molar-refractivity contribution in [2.45, 2.75) is 31.8 Å². The van der Waals surface area contributed by atoms with Crippen LogP contribution in [0, 0.1) is 0 Å². The number of carbonyl (C=O) groups is 1. The van der Waals surface area contributed by atoms with Crippen molar-refractivity contribution in [2.75, 3.05) is 32.8 Å². The van der Waals surface area contributed by atoms with E-state index in [-0.39, 0.29) is 17.5 Å². The summed E-state index contributed by atoms with van der Waals surface area (Å²) in [5.74, 6) is 0.801. The van der Waals surface area contributed by atoms with E-state index < -0.39 is 0 Å². The predicted octanol–water partition coefficient (Wildman–Crippen LogP) is 2.86. The molecule has 0 bridgehead atoms. The van der Waals surface area contributed by atoms with Crippen molar-refractivity contribution < 1.29 is 9.53 Å². The number of morpholine rings is 1. The molecule has 7 nitrogen and oxygen atoms in total. The van der Waals surface area contributed by atoms with Crippen LogP contribution in [0.15, 0.2) is 41.2 Å². The molecule has 0 spiro atoms. The Hall–Kier alpha value is -2.55. The van der Waals surface area contributed by atoms with E-state index in [0.717, 1.165) is 41.1 Å². The van der Waals surface area contributed by atoms with Gasteiger partial charge in [-0.3, -0.25) is 14.5 Å². The second-order valence-corrected chi connectivity index (χ2v) is 9.16. The first-order valence-electron chi connectivity index (χ1n) is 10.9. The molecule has 5 rings (SSSR count). The van der Waals surface area contributed by atoms with Crippen molar-refractivity contribution in [1.82, 2.24) is 19.8 Å². The summed E-state index contributed by atoms with van der Waals surface area (Å²) in [5.41, 5.74) is 0.963. The summed E-state index contributed by atoms with van der Waals surface area (Å²) in [6.07, 6.45) is 2.95. The van der Waals surface area contributed by atoms with Gasteiger partial charge in [0.15, 0.2) is 0 Å². The number of hydrogen-bond donors (Lipinski definition) is 1. The van der Waals surface area contributed by atoms with Gasteiger partial charge in [0, 0.05) is 18.0 Å². The van der Waals surface area contributed by atoms with E-state index in [1.165, 1.54) is 11.3 Å². The van der Waals surface area contributed by atoms with Gasteiger partial charge in [0.1, 0.15) is 10.7 Å². The van der Waals surface area contributed by atoms with E-state index >= 15 is 0 Å². The van der Waals surface area contributed by atoms with Crippen molar-refractivity contribution in [1.29, 1.82) is 0 Å². The van der Waals surface area contributed by atoms with Crippen LogP contribution in [0.4, 0.5) is 0 Å². The molecule has 0 radical (unpaired) electrons. The second-order valence-electron chi connectivity index (χ2n) is 8.13. The van der Waals surface area contributed by atoms with Gasteiger partial charge in [-0.2, -0.15) is 0 Å². The molecule has 1 N–H and O–H groups in total. The molecule has 2 aliphatic rings. The first-order valence-corrected chi connectivity index (χ1v) is 11.7. The number of piperidine rings is 1. The average molecular weight is 439 g/mol. The zero-order valence-corrected chi connectivity index (χ0v) is 18.2. The predicted molar refractivity (Wildman–Crippen MR) is 121 cm³/mol. The molecule has 31 heavy (non-hydrogen) atoms. The van der Waals surface area contributed by atoms with Crippen LogP contribution in [0.1, 0.15) is 25.1 Å². The number of fused-ring (bicyclic) bond motifs is 1. The van der Waals surface area contributed by atoms with Crippen LogP contribution in [0.25, 0.3) is 20.7 Å². The Morgan fingerprint density at radius 1 is 1.16 bits per heavy atom. The summed E-state index contributed by atoms with van der Waals surface area (Å²) in [5, 5.41) is 0.618. The van der Waals surface area contributed by atoms with Crippen molar-refractivity contribution in [3.63, 3.8) is 0 Å².